The number of rotatable bonds is 5. The average molecular weight is 396 g/mol. The lowest BCUT2D eigenvalue weighted by Crippen LogP contribution is -2.45. The topological polar surface area (TPSA) is 73.5 Å². The SMILES string of the molecule is CCN(Cc1ccccc1)C(=O)C1CCN(C(=O)c2c(C)cc(C)[nH]c2=O)CC1. The van der Waals surface area contributed by atoms with E-state index in [0.717, 1.165) is 11.3 Å². The second-order valence-corrected chi connectivity index (χ2v) is 7.74. The van der Waals surface area contributed by atoms with Gasteiger partial charge in [0.05, 0.1) is 0 Å². The predicted octanol–water partition coefficient (Wildman–Crippen LogP) is 2.89. The Labute approximate surface area is 171 Å². The number of benzene rings is 1. The highest BCUT2D eigenvalue weighted by atomic mass is 16.2. The van der Waals surface area contributed by atoms with E-state index in [-0.39, 0.29) is 28.9 Å². The summed E-state index contributed by atoms with van der Waals surface area (Å²) in [6, 6.07) is 11.8. The van der Waals surface area contributed by atoms with Crippen LogP contribution >= 0.6 is 0 Å². The molecule has 0 bridgehead atoms. The fourth-order valence-electron chi connectivity index (χ4n) is 4.01. The van der Waals surface area contributed by atoms with Gasteiger partial charge in [-0.25, -0.2) is 0 Å². The van der Waals surface area contributed by atoms with Gasteiger partial charge in [-0.1, -0.05) is 30.3 Å². The molecule has 3 rings (SSSR count). The maximum Gasteiger partial charge on any atom is 0.261 e. The molecule has 29 heavy (non-hydrogen) atoms. The number of pyridine rings is 1. The number of piperidine rings is 1. The van der Waals surface area contributed by atoms with E-state index in [1.807, 2.05) is 48.2 Å². The van der Waals surface area contributed by atoms with Gasteiger partial charge in [-0.3, -0.25) is 14.4 Å². The quantitative estimate of drug-likeness (QED) is 0.846. The van der Waals surface area contributed by atoms with Crippen LogP contribution in [-0.2, 0) is 11.3 Å². The number of carbonyl (C=O) groups excluding carboxylic acids is 2. The van der Waals surface area contributed by atoms with Crippen molar-refractivity contribution in [3.8, 4) is 0 Å². The molecule has 0 atom stereocenters. The Balaban J connectivity index is 1.63. The van der Waals surface area contributed by atoms with Gasteiger partial charge in [0.1, 0.15) is 5.56 Å². The van der Waals surface area contributed by atoms with Gasteiger partial charge in [0.2, 0.25) is 5.91 Å². The smallest absolute Gasteiger partial charge is 0.261 e. The fraction of sp³-hybridized carbons (Fsp3) is 0.435. The van der Waals surface area contributed by atoms with Crippen LogP contribution in [0.15, 0.2) is 41.2 Å². The summed E-state index contributed by atoms with van der Waals surface area (Å²) in [7, 11) is 0. The van der Waals surface area contributed by atoms with Gasteiger partial charge in [0, 0.05) is 37.8 Å². The molecule has 0 saturated carbocycles. The van der Waals surface area contributed by atoms with E-state index in [4.69, 9.17) is 0 Å². The van der Waals surface area contributed by atoms with Crippen LogP contribution in [0.1, 0.15) is 46.9 Å². The van der Waals surface area contributed by atoms with Crippen LogP contribution in [0.3, 0.4) is 0 Å². The standard InChI is InChI=1S/C23H29N3O3/c1-4-25(15-18-8-6-5-7-9-18)22(28)19-10-12-26(13-11-19)23(29)20-16(2)14-17(3)24-21(20)27/h5-9,14,19H,4,10-13,15H2,1-3H3,(H,24,27). The largest absolute Gasteiger partial charge is 0.338 e. The fourth-order valence-corrected chi connectivity index (χ4v) is 4.01. The molecule has 2 aromatic rings. The minimum atomic E-state index is -0.342. The lowest BCUT2D eigenvalue weighted by atomic mass is 9.94. The molecular formula is C23H29N3O3. The predicted molar refractivity (Wildman–Crippen MR) is 113 cm³/mol. The Bertz CT molecular complexity index is 928. The van der Waals surface area contributed by atoms with Crippen LogP contribution in [-0.4, -0.2) is 46.2 Å². The monoisotopic (exact) mass is 395 g/mol. The number of amides is 2. The van der Waals surface area contributed by atoms with Crippen molar-refractivity contribution in [2.45, 2.75) is 40.2 Å². The molecule has 1 aliphatic rings. The van der Waals surface area contributed by atoms with Gasteiger partial charge in [0.25, 0.3) is 11.5 Å². The molecule has 154 valence electrons. The molecule has 1 saturated heterocycles. The van der Waals surface area contributed by atoms with Crippen molar-refractivity contribution in [3.05, 3.63) is 69.1 Å². The normalized spacial score (nSPS) is 14.7. The van der Waals surface area contributed by atoms with E-state index in [1.54, 1.807) is 18.7 Å². The Morgan fingerprint density at radius 3 is 2.38 bits per heavy atom. The number of hydrogen-bond acceptors (Lipinski definition) is 3. The lowest BCUT2D eigenvalue weighted by molar-refractivity contribution is -0.137. The summed E-state index contributed by atoms with van der Waals surface area (Å²) in [6.45, 7) is 7.82. The number of H-pyrrole nitrogens is 1. The number of aryl methyl sites for hydroxylation is 2. The van der Waals surface area contributed by atoms with Crippen molar-refractivity contribution in [2.75, 3.05) is 19.6 Å². The highest BCUT2D eigenvalue weighted by Crippen LogP contribution is 2.22. The first-order valence-corrected chi connectivity index (χ1v) is 10.2. The summed E-state index contributed by atoms with van der Waals surface area (Å²) in [5.41, 5.74) is 2.41. The molecule has 1 aromatic carbocycles. The second-order valence-electron chi connectivity index (χ2n) is 7.74. The van der Waals surface area contributed by atoms with Crippen LogP contribution < -0.4 is 5.56 Å². The Kier molecular flexibility index (Phi) is 6.52. The lowest BCUT2D eigenvalue weighted by Gasteiger charge is -2.34. The van der Waals surface area contributed by atoms with E-state index >= 15 is 0 Å². The molecule has 1 fully saturated rings. The third-order valence-corrected chi connectivity index (χ3v) is 5.62. The van der Waals surface area contributed by atoms with Crippen LogP contribution in [0, 0.1) is 19.8 Å². The van der Waals surface area contributed by atoms with Gasteiger partial charge >= 0.3 is 0 Å². The van der Waals surface area contributed by atoms with Gasteiger partial charge in [-0.2, -0.15) is 0 Å². The molecule has 1 aliphatic heterocycles. The van der Waals surface area contributed by atoms with E-state index < -0.39 is 0 Å². The molecule has 0 spiro atoms. The van der Waals surface area contributed by atoms with Crippen LogP contribution in [0.2, 0.25) is 0 Å². The molecule has 1 aromatic heterocycles. The first-order valence-electron chi connectivity index (χ1n) is 10.2. The van der Waals surface area contributed by atoms with E-state index in [0.29, 0.717) is 44.6 Å². The van der Waals surface area contributed by atoms with Crippen LogP contribution in [0.4, 0.5) is 0 Å². The van der Waals surface area contributed by atoms with E-state index in [9.17, 15) is 14.4 Å². The zero-order chi connectivity index (χ0) is 21.0. The summed E-state index contributed by atoms with van der Waals surface area (Å²) >= 11 is 0. The number of nitrogens with zero attached hydrogens (tertiary/aromatic N) is 2. The Morgan fingerprint density at radius 2 is 1.79 bits per heavy atom. The Hall–Kier alpha value is -2.89. The number of aromatic nitrogens is 1. The molecule has 2 amide bonds. The summed E-state index contributed by atoms with van der Waals surface area (Å²) in [6.07, 6.45) is 1.25. The number of nitrogens with one attached hydrogen (secondary N) is 1. The van der Waals surface area contributed by atoms with Gasteiger partial charge in [-0.05, 0) is 50.8 Å². The van der Waals surface area contributed by atoms with E-state index in [1.165, 1.54) is 0 Å². The summed E-state index contributed by atoms with van der Waals surface area (Å²) in [5, 5.41) is 0. The highest BCUT2D eigenvalue weighted by Gasteiger charge is 2.31. The summed E-state index contributed by atoms with van der Waals surface area (Å²) in [4.78, 5) is 44.4. The first kappa shape index (κ1) is 20.8. The van der Waals surface area contributed by atoms with Crippen LogP contribution in [0.25, 0.3) is 0 Å². The molecular weight excluding hydrogens is 366 g/mol. The Morgan fingerprint density at radius 1 is 1.14 bits per heavy atom. The molecule has 6 nitrogen and oxygen atoms in total. The molecule has 0 aliphatic carbocycles. The van der Waals surface area contributed by atoms with Gasteiger partial charge in [-0.15, -0.1) is 0 Å². The minimum absolute atomic E-state index is 0.0832. The van der Waals surface area contributed by atoms with Crippen molar-refractivity contribution in [1.29, 1.82) is 0 Å². The van der Waals surface area contributed by atoms with Crippen molar-refractivity contribution in [1.82, 2.24) is 14.8 Å². The third-order valence-electron chi connectivity index (χ3n) is 5.62. The average Bonchev–Trinajstić information content (AvgIpc) is 2.71. The molecule has 0 radical (unpaired) electrons. The third kappa shape index (κ3) is 4.75. The van der Waals surface area contributed by atoms with E-state index in [2.05, 4.69) is 4.98 Å². The van der Waals surface area contributed by atoms with Crippen molar-refractivity contribution >= 4 is 11.8 Å². The van der Waals surface area contributed by atoms with Crippen LogP contribution in [0.5, 0.6) is 0 Å². The zero-order valence-corrected chi connectivity index (χ0v) is 17.4. The second kappa shape index (κ2) is 9.07. The molecule has 6 heteroatoms. The maximum atomic E-state index is 13.0. The van der Waals surface area contributed by atoms with Gasteiger partial charge < -0.3 is 14.8 Å². The van der Waals surface area contributed by atoms with Crippen molar-refractivity contribution in [2.24, 2.45) is 5.92 Å². The highest BCUT2D eigenvalue weighted by molar-refractivity contribution is 5.95. The summed E-state index contributed by atoms with van der Waals surface area (Å²) in [5.74, 6) is -0.181. The first-order chi connectivity index (χ1) is 13.9. The van der Waals surface area contributed by atoms with Crippen molar-refractivity contribution in [3.63, 3.8) is 0 Å². The number of carbonyl (C=O) groups is 2. The number of likely N-dealkylation sites (tertiary alicyclic amines) is 1. The molecule has 1 N–H and O–H groups in total. The van der Waals surface area contributed by atoms with Crippen molar-refractivity contribution < 1.29 is 9.59 Å². The van der Waals surface area contributed by atoms with Gasteiger partial charge in [0.15, 0.2) is 0 Å². The zero-order valence-electron chi connectivity index (χ0n) is 17.4. The number of aromatic amines is 1. The summed E-state index contributed by atoms with van der Waals surface area (Å²) < 4.78 is 0. The molecule has 2 heterocycles. The minimum Gasteiger partial charge on any atom is -0.338 e. The number of hydrogen-bond donors (Lipinski definition) is 1. The molecule has 0 unspecified atom stereocenters. The maximum absolute atomic E-state index is 13.0.